The summed E-state index contributed by atoms with van der Waals surface area (Å²) in [7, 11) is -3.02. The van der Waals surface area contributed by atoms with Crippen molar-refractivity contribution in [3.8, 4) is 0 Å². The van der Waals surface area contributed by atoms with E-state index in [1.165, 1.54) is 6.04 Å². The fourth-order valence-electron chi connectivity index (χ4n) is 2.61. The molecule has 0 aliphatic carbocycles. The first kappa shape index (κ1) is 20.1. The zero-order valence-corrected chi connectivity index (χ0v) is 17.3. The fraction of sp³-hybridized carbons (Fsp3) is 0.526. The molecule has 4 heteroatoms. The molecule has 128 valence electrons. The second-order valence-electron chi connectivity index (χ2n) is 7.36. The monoisotopic (exact) mass is 348 g/mol. The van der Waals surface area contributed by atoms with E-state index in [0.29, 0.717) is 6.42 Å². The first-order valence-corrected chi connectivity index (χ1v) is 14.8. The summed E-state index contributed by atoms with van der Waals surface area (Å²) >= 11 is 0. The number of hydrogen-bond donors (Lipinski definition) is 0. The molecule has 0 saturated carbocycles. The van der Waals surface area contributed by atoms with Crippen LogP contribution in [0.3, 0.4) is 0 Å². The Labute approximate surface area is 144 Å². The van der Waals surface area contributed by atoms with Crippen LogP contribution in [0.15, 0.2) is 42.1 Å². The Kier molecular flexibility index (Phi) is 8.16. The summed E-state index contributed by atoms with van der Waals surface area (Å²) in [6.07, 6.45) is 3.65. The van der Waals surface area contributed by atoms with Crippen LogP contribution in [0.25, 0.3) is 0 Å². The highest BCUT2D eigenvalue weighted by atomic mass is 28.4. The van der Waals surface area contributed by atoms with Gasteiger partial charge in [0.15, 0.2) is 0 Å². The molecule has 0 saturated heterocycles. The molecular formula is C19H32O2Si2. The van der Waals surface area contributed by atoms with Crippen molar-refractivity contribution in [3.05, 3.63) is 47.7 Å². The van der Waals surface area contributed by atoms with Crippen LogP contribution >= 0.6 is 0 Å². The maximum atomic E-state index is 11.1. The lowest BCUT2D eigenvalue weighted by Gasteiger charge is -2.31. The maximum Gasteiger partial charge on any atom is 0.217 e. The summed E-state index contributed by atoms with van der Waals surface area (Å²) in [4.78, 5) is 11.1. The molecule has 0 spiro atoms. The van der Waals surface area contributed by atoms with Crippen molar-refractivity contribution in [1.82, 2.24) is 0 Å². The molecule has 23 heavy (non-hydrogen) atoms. The Balaban J connectivity index is 2.96. The Morgan fingerprint density at radius 1 is 1.09 bits per heavy atom. The summed E-state index contributed by atoms with van der Waals surface area (Å²) in [5.74, 6) is 0. The van der Waals surface area contributed by atoms with E-state index in [1.807, 2.05) is 18.2 Å². The minimum atomic E-state index is -1.94. The van der Waals surface area contributed by atoms with Crippen molar-refractivity contribution < 1.29 is 9.22 Å². The number of aldehydes is 1. The predicted molar refractivity (Wildman–Crippen MR) is 105 cm³/mol. The van der Waals surface area contributed by atoms with Gasteiger partial charge in [0, 0.05) is 14.5 Å². The molecule has 0 bridgehead atoms. The van der Waals surface area contributed by atoms with Crippen LogP contribution in [-0.2, 0) is 9.22 Å². The highest BCUT2D eigenvalue weighted by Crippen LogP contribution is 2.30. The molecule has 2 nitrogen and oxygen atoms in total. The molecule has 1 aromatic rings. The largest absolute Gasteiger partial charge is 0.406 e. The van der Waals surface area contributed by atoms with Crippen molar-refractivity contribution in [1.29, 1.82) is 0 Å². The van der Waals surface area contributed by atoms with Crippen molar-refractivity contribution in [3.63, 3.8) is 0 Å². The standard InChI is InChI=1S/C19H32O2Si2/c1-6-23(7-2,17-11-16-22(3,4)5)21-19(14-15-20)18-12-9-8-10-13-18/h8-13,15,17,19H,6-7,14,16H2,1-5H3/b17-11+. The smallest absolute Gasteiger partial charge is 0.217 e. The van der Waals surface area contributed by atoms with Crippen LogP contribution in [0.4, 0.5) is 0 Å². The van der Waals surface area contributed by atoms with Crippen LogP contribution in [0.5, 0.6) is 0 Å². The van der Waals surface area contributed by atoms with E-state index in [-0.39, 0.29) is 6.10 Å². The van der Waals surface area contributed by atoms with Gasteiger partial charge >= 0.3 is 0 Å². The van der Waals surface area contributed by atoms with Gasteiger partial charge in [0.2, 0.25) is 8.32 Å². The molecule has 1 rings (SSSR count). The van der Waals surface area contributed by atoms with Crippen molar-refractivity contribution >= 4 is 22.7 Å². The Bertz CT molecular complexity index is 488. The fourth-order valence-corrected chi connectivity index (χ4v) is 6.40. The molecule has 0 aromatic heterocycles. The summed E-state index contributed by atoms with van der Waals surface area (Å²) in [6, 6.07) is 13.4. The molecule has 0 aliphatic heterocycles. The van der Waals surface area contributed by atoms with Crippen LogP contribution in [0.1, 0.15) is 31.9 Å². The van der Waals surface area contributed by atoms with Crippen molar-refractivity contribution in [2.75, 3.05) is 0 Å². The van der Waals surface area contributed by atoms with Crippen LogP contribution in [0, 0.1) is 0 Å². The maximum absolute atomic E-state index is 11.1. The number of carbonyl (C=O) groups is 1. The van der Waals surface area contributed by atoms with E-state index in [0.717, 1.165) is 23.9 Å². The van der Waals surface area contributed by atoms with Gasteiger partial charge in [-0.1, -0.05) is 75.6 Å². The molecule has 0 N–H and O–H groups in total. The highest BCUT2D eigenvalue weighted by molar-refractivity contribution is 6.79. The van der Waals surface area contributed by atoms with Crippen LogP contribution in [0.2, 0.25) is 37.8 Å². The van der Waals surface area contributed by atoms with Gasteiger partial charge in [-0.25, -0.2) is 0 Å². The minimum Gasteiger partial charge on any atom is -0.406 e. The quantitative estimate of drug-likeness (QED) is 0.397. The molecule has 0 amide bonds. The lowest BCUT2D eigenvalue weighted by Crippen LogP contribution is -2.36. The highest BCUT2D eigenvalue weighted by Gasteiger charge is 2.32. The zero-order chi connectivity index (χ0) is 17.3. The van der Waals surface area contributed by atoms with Crippen molar-refractivity contribution in [2.45, 2.75) is 64.1 Å². The molecule has 1 aromatic carbocycles. The van der Waals surface area contributed by atoms with Crippen molar-refractivity contribution in [2.24, 2.45) is 0 Å². The lowest BCUT2D eigenvalue weighted by molar-refractivity contribution is -0.109. The van der Waals surface area contributed by atoms with Gasteiger partial charge in [0.25, 0.3) is 0 Å². The first-order chi connectivity index (χ1) is 10.9. The van der Waals surface area contributed by atoms with Crippen LogP contribution < -0.4 is 0 Å². The van der Waals surface area contributed by atoms with E-state index in [4.69, 9.17) is 4.43 Å². The number of allylic oxidation sites excluding steroid dienone is 1. The molecule has 0 heterocycles. The predicted octanol–water partition coefficient (Wildman–Crippen LogP) is 5.75. The van der Waals surface area contributed by atoms with Gasteiger partial charge in [-0.05, 0) is 23.7 Å². The van der Waals surface area contributed by atoms with E-state index in [2.05, 4.69) is 57.4 Å². The molecule has 0 fully saturated rings. The average Bonchev–Trinajstić information content (AvgIpc) is 2.53. The number of rotatable bonds is 10. The normalized spacial score (nSPS) is 14.1. The summed E-state index contributed by atoms with van der Waals surface area (Å²) in [5.41, 5.74) is 3.49. The number of benzene rings is 1. The summed E-state index contributed by atoms with van der Waals surface area (Å²) in [5, 5.41) is 0. The van der Waals surface area contributed by atoms with Gasteiger partial charge in [0.05, 0.1) is 6.10 Å². The minimum absolute atomic E-state index is 0.114. The van der Waals surface area contributed by atoms with Gasteiger partial charge in [-0.15, -0.1) is 0 Å². The third-order valence-corrected chi connectivity index (χ3v) is 9.66. The molecular weight excluding hydrogens is 316 g/mol. The second kappa shape index (κ2) is 9.35. The summed E-state index contributed by atoms with van der Waals surface area (Å²) < 4.78 is 6.61. The van der Waals surface area contributed by atoms with Gasteiger partial charge in [-0.2, -0.15) is 0 Å². The second-order valence-corrected chi connectivity index (χ2v) is 17.0. The van der Waals surface area contributed by atoms with Gasteiger partial charge in [0.1, 0.15) is 6.29 Å². The van der Waals surface area contributed by atoms with Crippen LogP contribution in [-0.4, -0.2) is 22.7 Å². The van der Waals surface area contributed by atoms with E-state index in [1.54, 1.807) is 0 Å². The Morgan fingerprint density at radius 3 is 2.17 bits per heavy atom. The molecule has 1 atom stereocenters. The SMILES string of the molecule is CC[Si](/C=C/C[Si](C)(C)C)(CC)OC(CC=O)c1ccccc1. The zero-order valence-electron chi connectivity index (χ0n) is 15.3. The Hall–Kier alpha value is -0.976. The third-order valence-electron chi connectivity index (χ3n) is 4.21. The molecule has 0 radical (unpaired) electrons. The van der Waals surface area contributed by atoms with E-state index < -0.39 is 16.4 Å². The van der Waals surface area contributed by atoms with E-state index >= 15 is 0 Å². The Morgan fingerprint density at radius 2 is 1.70 bits per heavy atom. The van der Waals surface area contributed by atoms with E-state index in [9.17, 15) is 4.79 Å². The van der Waals surface area contributed by atoms with Gasteiger partial charge in [-0.3, -0.25) is 0 Å². The lowest BCUT2D eigenvalue weighted by atomic mass is 10.1. The average molecular weight is 349 g/mol. The topological polar surface area (TPSA) is 26.3 Å². The first-order valence-electron chi connectivity index (χ1n) is 8.70. The van der Waals surface area contributed by atoms with Gasteiger partial charge < -0.3 is 9.22 Å². The number of hydrogen-bond acceptors (Lipinski definition) is 2. The number of carbonyl (C=O) groups excluding carboxylic acids is 1. The molecule has 0 aliphatic rings. The third kappa shape index (κ3) is 6.98. The molecule has 1 unspecified atom stereocenters. The summed E-state index contributed by atoms with van der Waals surface area (Å²) in [6.45, 7) is 11.6.